The predicted octanol–water partition coefficient (Wildman–Crippen LogP) is 1.27. The number of nitrogens with one attached hydrogen (secondary N) is 1. The summed E-state index contributed by atoms with van der Waals surface area (Å²) in [7, 11) is -2.19. The summed E-state index contributed by atoms with van der Waals surface area (Å²) in [6, 6.07) is 8.66. The molecule has 162 valence electrons. The number of carbonyl (C=O) groups excluding carboxylic acids is 1. The first-order chi connectivity index (χ1) is 14.4. The Morgan fingerprint density at radius 2 is 1.83 bits per heavy atom. The Kier molecular flexibility index (Phi) is 7.54. The van der Waals surface area contributed by atoms with Gasteiger partial charge in [0, 0.05) is 64.3 Å². The molecule has 1 aliphatic heterocycles. The Labute approximate surface area is 177 Å². The summed E-state index contributed by atoms with van der Waals surface area (Å²) < 4.78 is 32.3. The van der Waals surface area contributed by atoms with Gasteiger partial charge in [-0.05, 0) is 42.3 Å². The van der Waals surface area contributed by atoms with Crippen LogP contribution in [0.2, 0.25) is 0 Å². The second kappa shape index (κ2) is 10.1. The third-order valence-corrected chi connectivity index (χ3v) is 6.62. The lowest BCUT2D eigenvalue weighted by Crippen LogP contribution is -2.48. The SMILES string of the molecule is COCCNS(=O)(=O)c1ccc(C)c(C(=O)N2CCN(Cc3ccncc3)CC2)c1. The van der Waals surface area contributed by atoms with Crippen molar-refractivity contribution >= 4 is 15.9 Å². The summed E-state index contributed by atoms with van der Waals surface area (Å²) in [4.78, 5) is 21.3. The van der Waals surface area contributed by atoms with E-state index in [1.165, 1.54) is 24.8 Å². The number of rotatable bonds is 8. The molecular formula is C21H28N4O4S. The van der Waals surface area contributed by atoms with E-state index in [0.717, 1.165) is 25.2 Å². The lowest BCUT2D eigenvalue weighted by atomic mass is 10.1. The molecule has 1 aliphatic rings. The summed E-state index contributed by atoms with van der Waals surface area (Å²) in [5.41, 5.74) is 2.38. The molecule has 0 atom stereocenters. The van der Waals surface area contributed by atoms with Crippen LogP contribution in [-0.2, 0) is 21.3 Å². The van der Waals surface area contributed by atoms with Gasteiger partial charge in [0.05, 0.1) is 11.5 Å². The first kappa shape index (κ1) is 22.4. The van der Waals surface area contributed by atoms with E-state index in [0.29, 0.717) is 18.7 Å². The highest BCUT2D eigenvalue weighted by atomic mass is 32.2. The van der Waals surface area contributed by atoms with Gasteiger partial charge in [0.2, 0.25) is 10.0 Å². The summed E-state index contributed by atoms with van der Waals surface area (Å²) in [5, 5.41) is 0. The quantitative estimate of drug-likeness (QED) is 0.632. The number of sulfonamides is 1. The largest absolute Gasteiger partial charge is 0.383 e. The van der Waals surface area contributed by atoms with E-state index in [1.54, 1.807) is 23.4 Å². The van der Waals surface area contributed by atoms with Crippen LogP contribution in [0.3, 0.4) is 0 Å². The van der Waals surface area contributed by atoms with Gasteiger partial charge in [0.1, 0.15) is 0 Å². The number of nitrogens with zero attached hydrogens (tertiary/aromatic N) is 3. The highest BCUT2D eigenvalue weighted by Gasteiger charge is 2.25. The van der Waals surface area contributed by atoms with Crippen LogP contribution in [-0.4, -0.2) is 75.5 Å². The van der Waals surface area contributed by atoms with E-state index in [-0.39, 0.29) is 24.0 Å². The van der Waals surface area contributed by atoms with Crippen molar-refractivity contribution in [3.05, 3.63) is 59.4 Å². The van der Waals surface area contributed by atoms with Crippen molar-refractivity contribution < 1.29 is 17.9 Å². The molecule has 0 radical (unpaired) electrons. The summed E-state index contributed by atoms with van der Waals surface area (Å²) >= 11 is 0. The third-order valence-electron chi connectivity index (χ3n) is 5.16. The third kappa shape index (κ3) is 5.63. The summed E-state index contributed by atoms with van der Waals surface area (Å²) in [5.74, 6) is -0.134. The number of carbonyl (C=O) groups is 1. The van der Waals surface area contributed by atoms with E-state index >= 15 is 0 Å². The van der Waals surface area contributed by atoms with Gasteiger partial charge in [0.25, 0.3) is 5.91 Å². The standard InChI is InChI=1S/C21H28N4O4S/c1-17-3-4-19(30(27,28)23-9-14-29-2)15-20(17)21(26)25-12-10-24(11-13-25)16-18-5-7-22-8-6-18/h3-8,15,23H,9-14,16H2,1-2H3. The zero-order valence-corrected chi connectivity index (χ0v) is 18.2. The zero-order valence-electron chi connectivity index (χ0n) is 17.4. The molecule has 1 N–H and O–H groups in total. The molecular weight excluding hydrogens is 404 g/mol. The molecule has 30 heavy (non-hydrogen) atoms. The maximum absolute atomic E-state index is 13.1. The van der Waals surface area contributed by atoms with Crippen LogP contribution in [0.4, 0.5) is 0 Å². The van der Waals surface area contributed by atoms with Gasteiger partial charge in [-0.25, -0.2) is 13.1 Å². The zero-order chi connectivity index (χ0) is 21.6. The molecule has 0 aliphatic carbocycles. The second-order valence-corrected chi connectivity index (χ2v) is 9.06. The fraction of sp³-hybridized carbons (Fsp3) is 0.429. The van der Waals surface area contributed by atoms with E-state index < -0.39 is 10.0 Å². The van der Waals surface area contributed by atoms with Crippen LogP contribution >= 0.6 is 0 Å². The predicted molar refractivity (Wildman–Crippen MR) is 114 cm³/mol. The van der Waals surface area contributed by atoms with Gasteiger partial charge in [-0.2, -0.15) is 0 Å². The Balaban J connectivity index is 1.65. The Bertz CT molecular complexity index is 958. The number of aromatic nitrogens is 1. The first-order valence-electron chi connectivity index (χ1n) is 9.90. The van der Waals surface area contributed by atoms with Gasteiger partial charge < -0.3 is 9.64 Å². The van der Waals surface area contributed by atoms with E-state index in [2.05, 4.69) is 14.6 Å². The van der Waals surface area contributed by atoms with Crippen LogP contribution in [0.15, 0.2) is 47.6 Å². The van der Waals surface area contributed by atoms with Gasteiger partial charge >= 0.3 is 0 Å². The lowest BCUT2D eigenvalue weighted by Gasteiger charge is -2.35. The average Bonchev–Trinajstić information content (AvgIpc) is 2.75. The van der Waals surface area contributed by atoms with Crippen LogP contribution < -0.4 is 4.72 Å². The van der Waals surface area contributed by atoms with Gasteiger partial charge in [0.15, 0.2) is 0 Å². The molecule has 1 amide bonds. The Morgan fingerprint density at radius 3 is 2.50 bits per heavy atom. The minimum Gasteiger partial charge on any atom is -0.383 e. The molecule has 9 heteroatoms. The maximum Gasteiger partial charge on any atom is 0.254 e. The molecule has 1 fully saturated rings. The van der Waals surface area contributed by atoms with Crippen molar-refractivity contribution in [2.45, 2.75) is 18.4 Å². The summed E-state index contributed by atoms with van der Waals surface area (Å²) in [6.07, 6.45) is 3.56. The highest BCUT2D eigenvalue weighted by molar-refractivity contribution is 7.89. The molecule has 2 aromatic rings. The second-order valence-electron chi connectivity index (χ2n) is 7.29. The molecule has 1 aromatic heterocycles. The van der Waals surface area contributed by atoms with Crippen molar-refractivity contribution in [3.8, 4) is 0 Å². The molecule has 0 bridgehead atoms. The molecule has 2 heterocycles. The number of methoxy groups -OCH3 is 1. The number of benzene rings is 1. The van der Waals surface area contributed by atoms with Crippen LogP contribution in [0.1, 0.15) is 21.5 Å². The number of hydrogen-bond donors (Lipinski definition) is 1. The van der Waals surface area contributed by atoms with Crippen molar-refractivity contribution in [3.63, 3.8) is 0 Å². The Hall–Kier alpha value is -2.33. The first-order valence-corrected chi connectivity index (χ1v) is 11.4. The average molecular weight is 433 g/mol. The molecule has 8 nitrogen and oxygen atoms in total. The monoisotopic (exact) mass is 432 g/mol. The minimum absolute atomic E-state index is 0.0869. The molecule has 0 spiro atoms. The number of ether oxygens (including phenoxy) is 1. The molecule has 0 saturated carbocycles. The Morgan fingerprint density at radius 1 is 1.13 bits per heavy atom. The normalized spacial score (nSPS) is 15.3. The fourth-order valence-electron chi connectivity index (χ4n) is 3.39. The van der Waals surface area contributed by atoms with Crippen molar-refractivity contribution in [1.82, 2.24) is 19.5 Å². The van der Waals surface area contributed by atoms with Crippen LogP contribution in [0.25, 0.3) is 0 Å². The number of piperazine rings is 1. The molecule has 1 aromatic carbocycles. The van der Waals surface area contributed by atoms with Crippen molar-refractivity contribution in [2.24, 2.45) is 0 Å². The van der Waals surface area contributed by atoms with E-state index in [9.17, 15) is 13.2 Å². The number of pyridine rings is 1. The number of aryl methyl sites for hydroxylation is 1. The van der Waals surface area contributed by atoms with E-state index in [4.69, 9.17) is 4.74 Å². The smallest absolute Gasteiger partial charge is 0.254 e. The lowest BCUT2D eigenvalue weighted by molar-refractivity contribution is 0.0627. The van der Waals surface area contributed by atoms with Gasteiger partial charge in [-0.15, -0.1) is 0 Å². The van der Waals surface area contributed by atoms with Crippen molar-refractivity contribution in [1.29, 1.82) is 0 Å². The summed E-state index contributed by atoms with van der Waals surface area (Å²) in [6.45, 7) is 5.84. The van der Waals surface area contributed by atoms with E-state index in [1.807, 2.05) is 19.1 Å². The maximum atomic E-state index is 13.1. The molecule has 0 unspecified atom stereocenters. The minimum atomic E-state index is -3.69. The topological polar surface area (TPSA) is 91.8 Å². The number of hydrogen-bond acceptors (Lipinski definition) is 6. The van der Waals surface area contributed by atoms with Crippen LogP contribution in [0, 0.1) is 6.92 Å². The highest BCUT2D eigenvalue weighted by Crippen LogP contribution is 2.19. The molecule has 3 rings (SSSR count). The van der Waals surface area contributed by atoms with Crippen molar-refractivity contribution in [2.75, 3.05) is 46.4 Å². The number of amides is 1. The van der Waals surface area contributed by atoms with Crippen LogP contribution in [0.5, 0.6) is 0 Å². The van der Waals surface area contributed by atoms with Gasteiger partial charge in [-0.1, -0.05) is 6.07 Å². The van der Waals surface area contributed by atoms with Gasteiger partial charge in [-0.3, -0.25) is 14.7 Å². The molecule has 1 saturated heterocycles. The fourth-order valence-corrected chi connectivity index (χ4v) is 4.42.